The summed E-state index contributed by atoms with van der Waals surface area (Å²) in [6.45, 7) is 6.20. The van der Waals surface area contributed by atoms with Crippen LogP contribution >= 0.6 is 0 Å². The molecule has 94 valence electrons. The molecule has 0 aromatic heterocycles. The Morgan fingerprint density at radius 2 is 2.18 bits per heavy atom. The molecule has 1 N–H and O–H groups in total. The number of hydrogen-bond donors (Lipinski definition) is 1. The molecule has 0 radical (unpaired) electrons. The maximum Gasteiger partial charge on any atom is 0.478 e. The lowest BCUT2D eigenvalue weighted by atomic mass is 9.47. The number of nitrogens with one attached hydrogen (secondary N) is 1. The third-order valence-corrected chi connectivity index (χ3v) is 4.98. The van der Waals surface area contributed by atoms with Gasteiger partial charge in [0.05, 0.1) is 18.7 Å². The van der Waals surface area contributed by atoms with Crippen LogP contribution in [0.25, 0.3) is 0 Å². The predicted octanol–water partition coefficient (Wildman–Crippen LogP) is 1.000. The van der Waals surface area contributed by atoms with Gasteiger partial charge >= 0.3 is 7.12 Å². The van der Waals surface area contributed by atoms with Crippen molar-refractivity contribution in [1.82, 2.24) is 5.32 Å². The van der Waals surface area contributed by atoms with Gasteiger partial charge in [-0.3, -0.25) is 4.79 Å². The van der Waals surface area contributed by atoms with Crippen LogP contribution in [0.5, 0.6) is 0 Å². The molecular weight excluding hydrogens is 217 g/mol. The lowest BCUT2D eigenvalue weighted by Crippen LogP contribution is -2.59. The van der Waals surface area contributed by atoms with Gasteiger partial charge in [-0.1, -0.05) is 13.8 Å². The van der Waals surface area contributed by atoms with Crippen molar-refractivity contribution in [1.29, 1.82) is 0 Å². The van der Waals surface area contributed by atoms with Gasteiger partial charge in [0.25, 0.3) is 0 Å². The Morgan fingerprint density at radius 1 is 1.41 bits per heavy atom. The van der Waals surface area contributed by atoms with Crippen molar-refractivity contribution >= 4 is 13.0 Å². The van der Waals surface area contributed by atoms with E-state index in [1.807, 2.05) is 0 Å². The van der Waals surface area contributed by atoms with Crippen molar-refractivity contribution in [2.45, 2.75) is 45.8 Å². The van der Waals surface area contributed by atoms with E-state index in [1.165, 1.54) is 13.3 Å². The Bertz CT molecular complexity index is 347. The molecule has 4 unspecified atom stereocenters. The van der Waals surface area contributed by atoms with Crippen molar-refractivity contribution in [3.63, 3.8) is 0 Å². The molecule has 0 aromatic rings. The van der Waals surface area contributed by atoms with E-state index in [1.54, 1.807) is 0 Å². The molecule has 3 aliphatic carbocycles. The Hall–Kier alpha value is -0.545. The second-order valence-corrected chi connectivity index (χ2v) is 6.24. The molecule has 5 heteroatoms. The molecular formula is C12H20BNO3. The van der Waals surface area contributed by atoms with Gasteiger partial charge in [0.15, 0.2) is 0 Å². The minimum atomic E-state index is -0.246. The van der Waals surface area contributed by atoms with Crippen molar-refractivity contribution in [2.24, 2.45) is 17.3 Å². The van der Waals surface area contributed by atoms with Gasteiger partial charge in [-0.15, -0.1) is 0 Å². The van der Waals surface area contributed by atoms with E-state index < -0.39 is 0 Å². The van der Waals surface area contributed by atoms with Crippen LogP contribution < -0.4 is 5.32 Å². The zero-order chi connectivity index (χ0) is 12.2. The molecule has 2 bridgehead atoms. The summed E-state index contributed by atoms with van der Waals surface area (Å²) in [7, 11) is -0.246. The normalized spacial score (nSPS) is 41.7. The maximum absolute atomic E-state index is 10.9. The summed E-state index contributed by atoms with van der Waals surface area (Å²) in [5.74, 6) is 1.39. The van der Waals surface area contributed by atoms with Crippen molar-refractivity contribution in [3.05, 3.63) is 0 Å². The highest BCUT2D eigenvalue weighted by atomic mass is 16.7. The van der Waals surface area contributed by atoms with Crippen LogP contribution in [0, 0.1) is 17.3 Å². The number of carbonyl (C=O) groups is 1. The highest BCUT2D eigenvalue weighted by molar-refractivity contribution is 6.45. The topological polar surface area (TPSA) is 47.6 Å². The molecule has 0 spiro atoms. The van der Waals surface area contributed by atoms with E-state index in [4.69, 9.17) is 9.31 Å². The first-order valence-corrected chi connectivity index (χ1v) is 6.54. The minimum absolute atomic E-state index is 0.0308. The zero-order valence-electron chi connectivity index (χ0n) is 10.7. The summed E-state index contributed by atoms with van der Waals surface area (Å²) >= 11 is 0. The molecule has 1 aliphatic heterocycles. The summed E-state index contributed by atoms with van der Waals surface area (Å²) in [6.07, 6.45) is 3.37. The summed E-state index contributed by atoms with van der Waals surface area (Å²) in [5.41, 5.74) is 0.410. The summed E-state index contributed by atoms with van der Waals surface area (Å²) in [6, 6.07) is 0. The summed E-state index contributed by atoms with van der Waals surface area (Å²) in [5, 5.41) is 2.76. The minimum Gasteiger partial charge on any atom is -0.405 e. The van der Waals surface area contributed by atoms with Crippen molar-refractivity contribution in [2.75, 3.05) is 6.44 Å². The van der Waals surface area contributed by atoms with Crippen LogP contribution in [0.4, 0.5) is 0 Å². The predicted molar refractivity (Wildman–Crippen MR) is 64.2 cm³/mol. The average molecular weight is 237 g/mol. The van der Waals surface area contributed by atoms with Gasteiger partial charge in [-0.25, -0.2) is 0 Å². The van der Waals surface area contributed by atoms with Gasteiger partial charge in [0.1, 0.15) is 0 Å². The van der Waals surface area contributed by atoms with Crippen LogP contribution in [-0.2, 0) is 14.1 Å². The van der Waals surface area contributed by atoms with E-state index in [9.17, 15) is 4.79 Å². The van der Waals surface area contributed by atoms with E-state index in [0.29, 0.717) is 17.8 Å². The van der Waals surface area contributed by atoms with E-state index in [0.717, 1.165) is 12.3 Å². The maximum atomic E-state index is 10.9. The fraction of sp³-hybridized carbons (Fsp3) is 0.917. The van der Waals surface area contributed by atoms with Crippen LogP contribution in [0.3, 0.4) is 0 Å². The highest BCUT2D eigenvalue weighted by Gasteiger charge is 2.61. The molecule has 3 saturated carbocycles. The molecule has 1 amide bonds. The first-order chi connectivity index (χ1) is 7.98. The second kappa shape index (κ2) is 3.72. The average Bonchev–Trinajstić information content (AvgIpc) is 2.68. The van der Waals surface area contributed by atoms with E-state index in [-0.39, 0.29) is 25.2 Å². The van der Waals surface area contributed by atoms with Crippen molar-refractivity contribution < 1.29 is 14.1 Å². The molecule has 4 nitrogen and oxygen atoms in total. The first-order valence-electron chi connectivity index (χ1n) is 6.54. The van der Waals surface area contributed by atoms with Gasteiger partial charge in [-0.2, -0.15) is 0 Å². The fourth-order valence-electron chi connectivity index (χ4n) is 3.73. The largest absolute Gasteiger partial charge is 0.478 e. The van der Waals surface area contributed by atoms with Crippen LogP contribution in [0.15, 0.2) is 0 Å². The zero-order valence-corrected chi connectivity index (χ0v) is 10.7. The Labute approximate surface area is 103 Å². The highest BCUT2D eigenvalue weighted by Crippen LogP contribution is 2.61. The smallest absolute Gasteiger partial charge is 0.405 e. The quantitative estimate of drug-likeness (QED) is 0.729. The Morgan fingerprint density at radius 3 is 2.82 bits per heavy atom. The molecule has 0 aromatic carbocycles. The van der Waals surface area contributed by atoms with E-state index in [2.05, 4.69) is 19.2 Å². The fourth-order valence-corrected chi connectivity index (χ4v) is 3.73. The number of rotatable bonds is 2. The number of carbonyl (C=O) groups excluding carboxylic acids is 1. The molecule has 4 atom stereocenters. The molecule has 17 heavy (non-hydrogen) atoms. The number of amides is 1. The lowest BCUT2D eigenvalue weighted by Gasteiger charge is -2.60. The van der Waals surface area contributed by atoms with Gasteiger partial charge in [-0.05, 0) is 30.1 Å². The molecule has 4 rings (SSSR count). The Kier molecular flexibility index (Phi) is 2.53. The third kappa shape index (κ3) is 1.71. The van der Waals surface area contributed by atoms with Gasteiger partial charge in [0.2, 0.25) is 5.91 Å². The van der Waals surface area contributed by atoms with Gasteiger partial charge in [0, 0.05) is 6.92 Å². The first kappa shape index (κ1) is 11.5. The monoisotopic (exact) mass is 237 g/mol. The molecule has 1 saturated heterocycles. The lowest BCUT2D eigenvalue weighted by molar-refractivity contribution is -0.150. The number of hydrogen-bond acceptors (Lipinski definition) is 3. The molecule has 1 heterocycles. The standard InChI is InChI=1S/C12H20BNO3/c1-7(15)14-6-13-16-10-5-8-4-9(11(10)17-13)12(8,2)3/h8-11H,4-6H2,1-3H3,(H,14,15). The van der Waals surface area contributed by atoms with E-state index >= 15 is 0 Å². The van der Waals surface area contributed by atoms with Crippen LogP contribution in [0.2, 0.25) is 0 Å². The van der Waals surface area contributed by atoms with Crippen LogP contribution in [0.1, 0.15) is 33.6 Å². The molecule has 4 aliphatic rings. The third-order valence-electron chi connectivity index (χ3n) is 4.98. The Balaban J connectivity index is 1.62. The SMILES string of the molecule is CC(=O)NCB1OC2CC3CC(C2O1)C3(C)C. The van der Waals surface area contributed by atoms with Gasteiger partial charge < -0.3 is 14.6 Å². The van der Waals surface area contributed by atoms with Crippen LogP contribution in [-0.4, -0.2) is 31.7 Å². The summed E-state index contributed by atoms with van der Waals surface area (Å²) in [4.78, 5) is 10.9. The van der Waals surface area contributed by atoms with Crippen molar-refractivity contribution in [3.8, 4) is 0 Å². The summed E-state index contributed by atoms with van der Waals surface area (Å²) < 4.78 is 11.8. The molecule has 4 fully saturated rings. The second-order valence-electron chi connectivity index (χ2n) is 6.24.